The Bertz CT molecular complexity index is 441. The first-order valence-corrected chi connectivity index (χ1v) is 6.59. The van der Waals surface area contributed by atoms with Crippen LogP contribution in [0.1, 0.15) is 26.7 Å². The average molecular weight is 283 g/mol. The van der Waals surface area contributed by atoms with Crippen molar-refractivity contribution in [2.45, 2.75) is 32.7 Å². The van der Waals surface area contributed by atoms with Crippen LogP contribution in [0.5, 0.6) is 0 Å². The second-order valence-electron chi connectivity index (χ2n) is 4.44. The molecule has 0 fully saturated rings. The number of nitro groups is 1. The minimum Gasteiger partial charge on any atom is -0.385 e. The van der Waals surface area contributed by atoms with Gasteiger partial charge in [0, 0.05) is 26.3 Å². The molecule has 0 spiro atoms. The second-order valence-corrected chi connectivity index (χ2v) is 4.44. The highest BCUT2D eigenvalue weighted by Gasteiger charge is 2.18. The number of methoxy groups -OCH3 is 1. The summed E-state index contributed by atoms with van der Waals surface area (Å²) in [5, 5.41) is 17.0. The molecule has 1 aromatic heterocycles. The Labute approximate surface area is 118 Å². The van der Waals surface area contributed by atoms with Gasteiger partial charge in [-0.3, -0.25) is 10.1 Å². The van der Waals surface area contributed by atoms with E-state index in [9.17, 15) is 10.1 Å². The summed E-state index contributed by atoms with van der Waals surface area (Å²) >= 11 is 0. The van der Waals surface area contributed by atoms with Crippen LogP contribution >= 0.6 is 0 Å². The maximum absolute atomic E-state index is 11.0. The van der Waals surface area contributed by atoms with E-state index < -0.39 is 4.92 Å². The Balaban J connectivity index is 2.85. The van der Waals surface area contributed by atoms with Crippen molar-refractivity contribution in [1.82, 2.24) is 9.97 Å². The molecule has 8 heteroatoms. The monoisotopic (exact) mass is 283 g/mol. The highest BCUT2D eigenvalue weighted by Crippen LogP contribution is 2.23. The summed E-state index contributed by atoms with van der Waals surface area (Å²) in [5.74, 6) is 0.617. The van der Waals surface area contributed by atoms with Gasteiger partial charge in [0.1, 0.15) is 6.20 Å². The largest absolute Gasteiger partial charge is 0.385 e. The maximum atomic E-state index is 11.0. The van der Waals surface area contributed by atoms with Crippen LogP contribution in [0, 0.1) is 10.1 Å². The molecule has 0 saturated carbocycles. The summed E-state index contributed by atoms with van der Waals surface area (Å²) < 4.78 is 4.99. The number of ether oxygens (including phenoxy) is 1. The first-order chi connectivity index (χ1) is 9.58. The fourth-order valence-corrected chi connectivity index (χ4v) is 1.54. The molecule has 0 aliphatic heterocycles. The zero-order valence-corrected chi connectivity index (χ0v) is 12.0. The van der Waals surface area contributed by atoms with Crippen molar-refractivity contribution in [3.8, 4) is 0 Å². The van der Waals surface area contributed by atoms with Gasteiger partial charge in [-0.1, -0.05) is 6.92 Å². The molecule has 20 heavy (non-hydrogen) atoms. The SMILES string of the molecule is CCCNc1ncc([N+](=O)[O-])c(NC(C)CCOC)n1. The van der Waals surface area contributed by atoms with E-state index in [-0.39, 0.29) is 17.5 Å². The van der Waals surface area contributed by atoms with E-state index in [0.717, 1.165) is 19.4 Å². The third kappa shape index (κ3) is 4.96. The molecule has 0 aliphatic carbocycles. The van der Waals surface area contributed by atoms with Gasteiger partial charge in [-0.2, -0.15) is 4.98 Å². The van der Waals surface area contributed by atoms with Gasteiger partial charge in [-0.25, -0.2) is 4.98 Å². The molecule has 0 saturated heterocycles. The van der Waals surface area contributed by atoms with Gasteiger partial charge in [0.15, 0.2) is 0 Å². The highest BCUT2D eigenvalue weighted by atomic mass is 16.6. The van der Waals surface area contributed by atoms with E-state index in [1.165, 1.54) is 6.20 Å². The summed E-state index contributed by atoms with van der Waals surface area (Å²) in [4.78, 5) is 18.6. The molecule has 1 atom stereocenters. The minimum absolute atomic E-state index is 0.0163. The summed E-state index contributed by atoms with van der Waals surface area (Å²) in [6, 6.07) is 0.0163. The quantitative estimate of drug-likeness (QED) is 0.528. The number of hydrogen-bond acceptors (Lipinski definition) is 7. The summed E-state index contributed by atoms with van der Waals surface area (Å²) in [5.41, 5.74) is -0.128. The molecule has 8 nitrogen and oxygen atoms in total. The Morgan fingerprint density at radius 2 is 2.30 bits per heavy atom. The molecule has 2 N–H and O–H groups in total. The lowest BCUT2D eigenvalue weighted by molar-refractivity contribution is -0.384. The van der Waals surface area contributed by atoms with E-state index in [4.69, 9.17) is 4.74 Å². The normalized spacial score (nSPS) is 11.9. The summed E-state index contributed by atoms with van der Waals surface area (Å²) in [6.45, 7) is 5.23. The van der Waals surface area contributed by atoms with Crippen molar-refractivity contribution < 1.29 is 9.66 Å². The van der Waals surface area contributed by atoms with Gasteiger partial charge in [0.05, 0.1) is 4.92 Å². The number of aromatic nitrogens is 2. The Morgan fingerprint density at radius 1 is 1.55 bits per heavy atom. The van der Waals surface area contributed by atoms with Crippen molar-refractivity contribution in [3.05, 3.63) is 16.3 Å². The van der Waals surface area contributed by atoms with Crippen LogP contribution in [0.15, 0.2) is 6.20 Å². The second kappa shape index (κ2) is 8.26. The summed E-state index contributed by atoms with van der Waals surface area (Å²) in [7, 11) is 1.62. The Kier molecular flexibility index (Phi) is 6.65. The molecular weight excluding hydrogens is 262 g/mol. The van der Waals surface area contributed by atoms with Crippen molar-refractivity contribution in [3.63, 3.8) is 0 Å². The smallest absolute Gasteiger partial charge is 0.329 e. The van der Waals surface area contributed by atoms with Gasteiger partial charge in [-0.15, -0.1) is 0 Å². The predicted molar refractivity (Wildman–Crippen MR) is 77.0 cm³/mol. The van der Waals surface area contributed by atoms with Gasteiger partial charge in [0.2, 0.25) is 11.8 Å². The van der Waals surface area contributed by atoms with Crippen molar-refractivity contribution in [2.75, 3.05) is 30.9 Å². The highest BCUT2D eigenvalue weighted by molar-refractivity contribution is 5.57. The zero-order chi connectivity index (χ0) is 15.0. The fraction of sp³-hybridized carbons (Fsp3) is 0.667. The number of nitrogens with zero attached hydrogens (tertiary/aromatic N) is 3. The average Bonchev–Trinajstić information content (AvgIpc) is 2.42. The Hall–Kier alpha value is -1.96. The number of nitrogens with one attached hydrogen (secondary N) is 2. The first-order valence-electron chi connectivity index (χ1n) is 6.59. The zero-order valence-electron chi connectivity index (χ0n) is 12.0. The van der Waals surface area contributed by atoms with Crippen molar-refractivity contribution >= 4 is 17.5 Å². The van der Waals surface area contributed by atoms with Crippen LogP contribution in [-0.2, 0) is 4.74 Å². The molecule has 1 aromatic rings. The van der Waals surface area contributed by atoms with Crippen molar-refractivity contribution in [1.29, 1.82) is 0 Å². The van der Waals surface area contributed by atoms with Crippen molar-refractivity contribution in [2.24, 2.45) is 0 Å². The van der Waals surface area contributed by atoms with Crippen LogP contribution in [-0.4, -0.2) is 41.2 Å². The molecule has 1 heterocycles. The van der Waals surface area contributed by atoms with Gasteiger partial charge in [0.25, 0.3) is 0 Å². The molecule has 0 radical (unpaired) electrons. The van der Waals surface area contributed by atoms with Crippen LogP contribution in [0.25, 0.3) is 0 Å². The molecule has 0 amide bonds. The molecule has 0 aliphatic rings. The van der Waals surface area contributed by atoms with E-state index in [2.05, 4.69) is 20.6 Å². The summed E-state index contributed by atoms with van der Waals surface area (Å²) in [6.07, 6.45) is 2.87. The van der Waals surface area contributed by atoms with E-state index in [0.29, 0.717) is 12.6 Å². The van der Waals surface area contributed by atoms with Crippen LogP contribution in [0.2, 0.25) is 0 Å². The van der Waals surface area contributed by atoms with Crippen LogP contribution in [0.3, 0.4) is 0 Å². The fourth-order valence-electron chi connectivity index (χ4n) is 1.54. The maximum Gasteiger partial charge on any atom is 0.329 e. The lowest BCUT2D eigenvalue weighted by atomic mass is 10.2. The first kappa shape index (κ1) is 16.1. The number of anilines is 2. The number of rotatable bonds is 9. The van der Waals surface area contributed by atoms with Gasteiger partial charge >= 0.3 is 5.69 Å². The lowest BCUT2D eigenvalue weighted by Gasteiger charge is -2.14. The Morgan fingerprint density at radius 3 is 2.90 bits per heavy atom. The van der Waals surface area contributed by atoms with Crippen LogP contribution in [0.4, 0.5) is 17.5 Å². The molecule has 112 valence electrons. The standard InChI is InChI=1S/C12H21N5O3/c1-4-6-13-12-14-8-10(17(18)19)11(16-12)15-9(2)5-7-20-3/h8-9H,4-7H2,1-3H3,(H2,13,14,15,16). The van der Waals surface area contributed by atoms with Gasteiger partial charge < -0.3 is 15.4 Å². The van der Waals surface area contributed by atoms with E-state index in [1.807, 2.05) is 13.8 Å². The third-order valence-corrected chi connectivity index (χ3v) is 2.64. The van der Waals surface area contributed by atoms with E-state index >= 15 is 0 Å². The van der Waals surface area contributed by atoms with Gasteiger partial charge in [-0.05, 0) is 19.8 Å². The molecule has 0 aromatic carbocycles. The molecule has 1 unspecified atom stereocenters. The minimum atomic E-state index is -0.491. The topological polar surface area (TPSA) is 102 Å². The van der Waals surface area contributed by atoms with E-state index in [1.54, 1.807) is 7.11 Å². The molecular formula is C12H21N5O3. The molecule has 1 rings (SSSR count). The third-order valence-electron chi connectivity index (χ3n) is 2.64. The molecule has 0 bridgehead atoms. The van der Waals surface area contributed by atoms with Crippen LogP contribution < -0.4 is 10.6 Å². The predicted octanol–water partition coefficient (Wildman–Crippen LogP) is 2.04. The lowest BCUT2D eigenvalue weighted by Crippen LogP contribution is -2.19. The number of hydrogen-bond donors (Lipinski definition) is 2.